The molecule has 1 atom stereocenters. The Labute approximate surface area is 108 Å². The summed E-state index contributed by atoms with van der Waals surface area (Å²) >= 11 is 0. The zero-order chi connectivity index (χ0) is 13.4. The number of nitrogens with zero attached hydrogens (tertiary/aromatic N) is 3. The first kappa shape index (κ1) is 12.0. The number of carbonyl (C=O) groups excluding carboxylic acids is 1. The summed E-state index contributed by atoms with van der Waals surface area (Å²) in [5.74, 6) is -0.562. The van der Waals surface area contributed by atoms with E-state index in [1.165, 1.54) is 6.07 Å². The monoisotopic (exact) mass is 266 g/mol. The molecule has 3 heterocycles. The lowest BCUT2D eigenvalue weighted by molar-refractivity contribution is 0.0685. The third-order valence-corrected chi connectivity index (χ3v) is 3.47. The van der Waals surface area contributed by atoms with Gasteiger partial charge in [0.1, 0.15) is 0 Å². The molecule has 0 bridgehead atoms. The molecule has 0 saturated carbocycles. The number of urea groups is 1. The lowest BCUT2D eigenvalue weighted by Crippen LogP contribution is -2.51. The third kappa shape index (κ3) is 2.26. The third-order valence-electron chi connectivity index (χ3n) is 3.47. The van der Waals surface area contributed by atoms with Crippen molar-refractivity contribution in [3.8, 4) is 0 Å². The Morgan fingerprint density at radius 1 is 1.58 bits per heavy atom. The Morgan fingerprint density at radius 2 is 2.42 bits per heavy atom. The fourth-order valence-electron chi connectivity index (χ4n) is 2.52. The van der Waals surface area contributed by atoms with Gasteiger partial charge in [0.25, 0.3) is 0 Å². The van der Waals surface area contributed by atoms with E-state index in [2.05, 4.69) is 15.4 Å². The summed E-state index contributed by atoms with van der Waals surface area (Å²) in [4.78, 5) is 26.1. The maximum absolute atomic E-state index is 11.5. The van der Waals surface area contributed by atoms with Crippen LogP contribution in [0.3, 0.4) is 0 Å². The van der Waals surface area contributed by atoms with Crippen molar-refractivity contribution in [2.45, 2.75) is 12.6 Å². The van der Waals surface area contributed by atoms with Gasteiger partial charge in [-0.15, -0.1) is 0 Å². The summed E-state index contributed by atoms with van der Waals surface area (Å²) in [6, 6.07) is 1.62. The second-order valence-corrected chi connectivity index (χ2v) is 4.75. The maximum Gasteiger partial charge on any atom is 0.358 e. The lowest BCUT2D eigenvalue weighted by Gasteiger charge is -2.35. The van der Waals surface area contributed by atoms with Crippen LogP contribution in [-0.4, -0.2) is 64.3 Å². The molecule has 2 fully saturated rings. The van der Waals surface area contributed by atoms with Crippen LogP contribution in [0.1, 0.15) is 16.2 Å². The molecule has 1 aromatic heterocycles. The molecule has 0 aromatic carbocycles. The van der Waals surface area contributed by atoms with Gasteiger partial charge in [0.2, 0.25) is 0 Å². The van der Waals surface area contributed by atoms with Crippen molar-refractivity contribution >= 4 is 12.0 Å². The number of rotatable bonds is 3. The van der Waals surface area contributed by atoms with Gasteiger partial charge in [-0.25, -0.2) is 9.59 Å². The molecule has 2 aliphatic heterocycles. The molecule has 0 spiro atoms. The van der Waals surface area contributed by atoms with Gasteiger partial charge in [0.05, 0.1) is 12.6 Å². The second-order valence-electron chi connectivity index (χ2n) is 4.75. The number of nitrogens with one attached hydrogen (secondary N) is 1. The zero-order valence-electron chi connectivity index (χ0n) is 10.2. The smallest absolute Gasteiger partial charge is 0.358 e. The van der Waals surface area contributed by atoms with Crippen LogP contribution >= 0.6 is 0 Å². The van der Waals surface area contributed by atoms with E-state index in [0.29, 0.717) is 25.4 Å². The molecular weight excluding hydrogens is 252 g/mol. The molecule has 8 heteroatoms. The predicted octanol–water partition coefficient (Wildman–Crippen LogP) is -0.418. The second kappa shape index (κ2) is 4.54. The van der Waals surface area contributed by atoms with Crippen LogP contribution in [0.4, 0.5) is 4.79 Å². The molecule has 1 aromatic rings. The summed E-state index contributed by atoms with van der Waals surface area (Å²) < 4.78 is 4.99. The number of aromatic carboxylic acids is 1. The van der Waals surface area contributed by atoms with E-state index in [1.54, 1.807) is 0 Å². The van der Waals surface area contributed by atoms with Gasteiger partial charge in [-0.3, -0.25) is 4.90 Å². The van der Waals surface area contributed by atoms with Crippen LogP contribution in [0.5, 0.6) is 0 Å². The molecule has 2 aliphatic rings. The average molecular weight is 266 g/mol. The molecule has 2 amide bonds. The predicted molar refractivity (Wildman–Crippen MR) is 62.6 cm³/mol. The van der Waals surface area contributed by atoms with Crippen molar-refractivity contribution < 1.29 is 19.2 Å². The van der Waals surface area contributed by atoms with Gasteiger partial charge >= 0.3 is 12.0 Å². The highest BCUT2D eigenvalue weighted by Gasteiger charge is 2.35. The Balaban J connectivity index is 1.61. The number of carboxylic acid groups (broad SMARTS) is 1. The van der Waals surface area contributed by atoms with E-state index >= 15 is 0 Å². The minimum atomic E-state index is -1.09. The van der Waals surface area contributed by atoms with Crippen molar-refractivity contribution in [2.75, 3.05) is 26.2 Å². The van der Waals surface area contributed by atoms with Crippen molar-refractivity contribution in [3.05, 3.63) is 17.5 Å². The Morgan fingerprint density at radius 3 is 3.16 bits per heavy atom. The standard InChI is InChI=1S/C11H14N4O4/c16-10(17)9-3-8(19-13-9)6-14-1-2-15-7(5-14)4-12-11(15)18/h3,7H,1-2,4-6H2,(H,12,18)(H,16,17). The van der Waals surface area contributed by atoms with E-state index in [9.17, 15) is 9.59 Å². The van der Waals surface area contributed by atoms with Crippen molar-refractivity contribution in [3.63, 3.8) is 0 Å². The SMILES string of the molecule is O=C(O)c1cc(CN2CCN3C(=O)NCC3C2)on1. The van der Waals surface area contributed by atoms with E-state index in [-0.39, 0.29) is 17.8 Å². The molecule has 0 radical (unpaired) electrons. The first-order valence-electron chi connectivity index (χ1n) is 6.09. The summed E-state index contributed by atoms with van der Waals surface area (Å²) in [7, 11) is 0. The molecule has 1 unspecified atom stereocenters. The Kier molecular flexibility index (Phi) is 2.86. The number of piperazine rings is 1. The van der Waals surface area contributed by atoms with Crippen LogP contribution in [0.15, 0.2) is 10.6 Å². The molecule has 8 nitrogen and oxygen atoms in total. The molecule has 2 saturated heterocycles. The zero-order valence-corrected chi connectivity index (χ0v) is 10.2. The fourth-order valence-corrected chi connectivity index (χ4v) is 2.52. The summed E-state index contributed by atoms with van der Waals surface area (Å²) in [6.07, 6.45) is 0. The molecule has 0 aliphatic carbocycles. The number of hydrogen-bond donors (Lipinski definition) is 2. The normalized spacial score (nSPS) is 23.3. The number of carbonyl (C=O) groups is 2. The molecule has 3 rings (SSSR count). The summed E-state index contributed by atoms with van der Waals surface area (Å²) in [5.41, 5.74) is -0.0775. The van der Waals surface area contributed by atoms with Gasteiger partial charge in [0.15, 0.2) is 11.5 Å². The Bertz CT molecular complexity index is 515. The van der Waals surface area contributed by atoms with Gasteiger partial charge < -0.3 is 19.8 Å². The van der Waals surface area contributed by atoms with Crippen molar-refractivity contribution in [2.24, 2.45) is 0 Å². The Hall–Kier alpha value is -2.09. The van der Waals surface area contributed by atoms with E-state index < -0.39 is 5.97 Å². The first-order valence-corrected chi connectivity index (χ1v) is 6.09. The largest absolute Gasteiger partial charge is 0.476 e. The minimum absolute atomic E-state index is 0.00233. The van der Waals surface area contributed by atoms with E-state index in [1.807, 2.05) is 4.90 Å². The molecule has 102 valence electrons. The van der Waals surface area contributed by atoms with Crippen LogP contribution in [0.25, 0.3) is 0 Å². The minimum Gasteiger partial charge on any atom is -0.476 e. The lowest BCUT2D eigenvalue weighted by atomic mass is 10.2. The van der Waals surface area contributed by atoms with Gasteiger partial charge in [0, 0.05) is 32.2 Å². The van der Waals surface area contributed by atoms with Crippen LogP contribution < -0.4 is 5.32 Å². The number of aromatic nitrogens is 1. The number of hydrogen-bond acceptors (Lipinski definition) is 5. The van der Waals surface area contributed by atoms with Gasteiger partial charge in [-0.05, 0) is 0 Å². The highest BCUT2D eigenvalue weighted by atomic mass is 16.5. The van der Waals surface area contributed by atoms with Crippen molar-refractivity contribution in [1.29, 1.82) is 0 Å². The molecular formula is C11H14N4O4. The number of fused-ring (bicyclic) bond motifs is 1. The van der Waals surface area contributed by atoms with E-state index in [0.717, 1.165) is 13.1 Å². The summed E-state index contributed by atoms with van der Waals surface area (Å²) in [5, 5.41) is 15.1. The van der Waals surface area contributed by atoms with Crippen LogP contribution in [0.2, 0.25) is 0 Å². The van der Waals surface area contributed by atoms with Crippen molar-refractivity contribution in [1.82, 2.24) is 20.3 Å². The highest BCUT2D eigenvalue weighted by Crippen LogP contribution is 2.16. The van der Waals surface area contributed by atoms with Gasteiger partial charge in [-0.1, -0.05) is 5.16 Å². The maximum atomic E-state index is 11.5. The first-order chi connectivity index (χ1) is 9.13. The van der Waals surface area contributed by atoms with Crippen LogP contribution in [-0.2, 0) is 6.54 Å². The molecule has 2 N–H and O–H groups in total. The quantitative estimate of drug-likeness (QED) is 0.771. The van der Waals surface area contributed by atoms with Crippen LogP contribution in [0, 0.1) is 0 Å². The topological polar surface area (TPSA) is 98.9 Å². The average Bonchev–Trinajstić information content (AvgIpc) is 2.97. The van der Waals surface area contributed by atoms with Gasteiger partial charge in [-0.2, -0.15) is 0 Å². The fraction of sp³-hybridized carbons (Fsp3) is 0.545. The van der Waals surface area contributed by atoms with E-state index in [4.69, 9.17) is 9.63 Å². The number of carboxylic acids is 1. The number of amides is 2. The molecule has 19 heavy (non-hydrogen) atoms. The summed E-state index contributed by atoms with van der Waals surface area (Å²) in [6.45, 7) is 3.34. The highest BCUT2D eigenvalue weighted by molar-refractivity contribution is 5.85.